The molecule has 0 unspecified atom stereocenters. The van der Waals surface area contributed by atoms with Crippen molar-refractivity contribution in [3.8, 4) is 0 Å². The van der Waals surface area contributed by atoms with E-state index >= 15 is 0 Å². The number of carbonyl (C=O) groups excluding carboxylic acids is 2. The molecular formula is C18H15F3N2O3. The Labute approximate surface area is 147 Å². The number of alkyl halides is 3. The molecule has 5 nitrogen and oxygen atoms in total. The van der Waals surface area contributed by atoms with Crippen LogP contribution < -0.4 is 10.6 Å². The summed E-state index contributed by atoms with van der Waals surface area (Å²) in [6, 6.07) is 4.47. The Morgan fingerprint density at radius 2 is 1.88 bits per heavy atom. The molecule has 0 aliphatic rings. The number of hydrogen-bond donors (Lipinski definition) is 2. The van der Waals surface area contributed by atoms with Gasteiger partial charge in [0, 0.05) is 11.8 Å². The van der Waals surface area contributed by atoms with E-state index in [4.69, 9.17) is 4.42 Å². The molecule has 0 aliphatic heterocycles. The van der Waals surface area contributed by atoms with Crippen molar-refractivity contribution in [1.29, 1.82) is 0 Å². The fourth-order valence-electron chi connectivity index (χ4n) is 1.99. The average Bonchev–Trinajstić information content (AvgIpc) is 3.10. The van der Waals surface area contributed by atoms with E-state index in [9.17, 15) is 22.8 Å². The first kappa shape index (κ1) is 19.0. The lowest BCUT2D eigenvalue weighted by molar-refractivity contribution is -0.136. The maximum absolute atomic E-state index is 13.3. The summed E-state index contributed by atoms with van der Waals surface area (Å²) in [7, 11) is 0. The summed E-state index contributed by atoms with van der Waals surface area (Å²) in [5.41, 5.74) is -1.37. The second kappa shape index (κ2) is 8.19. The maximum Gasteiger partial charge on any atom is 0.418 e. The SMILES string of the molecule is C/C=C/C=C/C(=O)Nc1ccc(NC(=O)c2ccoc2)cc1C(F)(F)F. The predicted molar refractivity (Wildman–Crippen MR) is 90.7 cm³/mol. The number of amides is 2. The third kappa shape index (κ3) is 5.10. The van der Waals surface area contributed by atoms with Crippen molar-refractivity contribution >= 4 is 23.2 Å². The first-order chi connectivity index (χ1) is 12.3. The van der Waals surface area contributed by atoms with Crippen LogP contribution in [0.5, 0.6) is 0 Å². The lowest BCUT2D eigenvalue weighted by atomic mass is 10.1. The van der Waals surface area contributed by atoms with Crippen LogP contribution in [0.3, 0.4) is 0 Å². The van der Waals surface area contributed by atoms with Gasteiger partial charge in [0.25, 0.3) is 5.91 Å². The van der Waals surface area contributed by atoms with Crippen molar-refractivity contribution in [1.82, 2.24) is 0 Å². The number of hydrogen-bond acceptors (Lipinski definition) is 3. The van der Waals surface area contributed by atoms with Crippen LogP contribution in [0, 0.1) is 0 Å². The van der Waals surface area contributed by atoms with Crippen LogP contribution in [0.15, 0.2) is 65.5 Å². The molecule has 136 valence electrons. The topological polar surface area (TPSA) is 71.3 Å². The van der Waals surface area contributed by atoms with Crippen molar-refractivity contribution in [3.05, 3.63) is 72.2 Å². The summed E-state index contributed by atoms with van der Waals surface area (Å²) in [5, 5.41) is 4.52. The zero-order chi connectivity index (χ0) is 19.2. The highest BCUT2D eigenvalue weighted by atomic mass is 19.4. The molecule has 0 bridgehead atoms. The number of nitrogens with one attached hydrogen (secondary N) is 2. The van der Waals surface area contributed by atoms with E-state index in [1.165, 1.54) is 30.7 Å². The number of allylic oxidation sites excluding steroid dienone is 3. The zero-order valence-electron chi connectivity index (χ0n) is 13.6. The quantitative estimate of drug-likeness (QED) is 0.601. The Morgan fingerprint density at radius 1 is 1.12 bits per heavy atom. The molecular weight excluding hydrogens is 349 g/mol. The molecule has 0 aliphatic carbocycles. The molecule has 1 aromatic carbocycles. The van der Waals surface area contributed by atoms with Crippen molar-refractivity contribution in [2.24, 2.45) is 0 Å². The molecule has 0 atom stereocenters. The van der Waals surface area contributed by atoms with Gasteiger partial charge in [-0.2, -0.15) is 13.2 Å². The monoisotopic (exact) mass is 364 g/mol. The number of carbonyl (C=O) groups is 2. The van der Waals surface area contributed by atoms with Crippen molar-refractivity contribution in [2.45, 2.75) is 13.1 Å². The molecule has 0 radical (unpaired) electrons. The van der Waals surface area contributed by atoms with Gasteiger partial charge in [-0.1, -0.05) is 18.2 Å². The maximum atomic E-state index is 13.3. The Bertz CT molecular complexity index is 838. The molecule has 2 N–H and O–H groups in total. The van der Waals surface area contributed by atoms with Crippen molar-refractivity contribution in [2.75, 3.05) is 10.6 Å². The predicted octanol–water partition coefficient (Wildman–Crippen LogP) is 4.62. The first-order valence-electron chi connectivity index (χ1n) is 7.46. The number of halogens is 3. The van der Waals surface area contributed by atoms with E-state index in [2.05, 4.69) is 10.6 Å². The minimum Gasteiger partial charge on any atom is -0.472 e. The van der Waals surface area contributed by atoms with Crippen LogP contribution >= 0.6 is 0 Å². The Balaban J connectivity index is 2.24. The van der Waals surface area contributed by atoms with Gasteiger partial charge >= 0.3 is 6.18 Å². The van der Waals surface area contributed by atoms with Crippen LogP contribution in [0.4, 0.5) is 24.5 Å². The Hall–Kier alpha value is -3.29. The summed E-state index contributed by atoms with van der Waals surface area (Å²) < 4.78 is 44.6. The van der Waals surface area contributed by atoms with E-state index in [1.807, 2.05) is 0 Å². The van der Waals surface area contributed by atoms with Gasteiger partial charge in [-0.25, -0.2) is 0 Å². The van der Waals surface area contributed by atoms with Crippen molar-refractivity contribution in [3.63, 3.8) is 0 Å². The fraction of sp³-hybridized carbons (Fsp3) is 0.111. The number of benzene rings is 1. The molecule has 2 amide bonds. The number of furan rings is 1. The molecule has 26 heavy (non-hydrogen) atoms. The van der Waals surface area contributed by atoms with Gasteiger partial charge in [0.2, 0.25) is 5.91 Å². The second-order valence-electron chi connectivity index (χ2n) is 5.10. The minimum absolute atomic E-state index is 0.0639. The van der Waals surface area contributed by atoms with E-state index in [0.717, 1.165) is 18.2 Å². The molecule has 0 spiro atoms. The van der Waals surface area contributed by atoms with E-state index in [-0.39, 0.29) is 11.3 Å². The summed E-state index contributed by atoms with van der Waals surface area (Å²) in [4.78, 5) is 23.6. The van der Waals surface area contributed by atoms with Crippen LogP contribution in [0.1, 0.15) is 22.8 Å². The molecule has 1 aromatic heterocycles. The summed E-state index contributed by atoms with van der Waals surface area (Å²) >= 11 is 0. The highest BCUT2D eigenvalue weighted by Crippen LogP contribution is 2.36. The summed E-state index contributed by atoms with van der Waals surface area (Å²) in [5.74, 6) is -1.32. The lowest BCUT2D eigenvalue weighted by Crippen LogP contribution is -2.16. The van der Waals surface area contributed by atoms with Crippen LogP contribution in [0.2, 0.25) is 0 Å². The summed E-state index contributed by atoms with van der Waals surface area (Å²) in [6.07, 6.45) is 3.48. The van der Waals surface area contributed by atoms with Gasteiger partial charge in [0.15, 0.2) is 0 Å². The number of rotatable bonds is 5. The number of anilines is 2. The molecule has 2 aromatic rings. The average molecular weight is 364 g/mol. The van der Waals surface area contributed by atoms with Crippen LogP contribution in [-0.2, 0) is 11.0 Å². The normalized spacial score (nSPS) is 11.8. The third-order valence-corrected chi connectivity index (χ3v) is 3.18. The van der Waals surface area contributed by atoms with E-state index in [0.29, 0.717) is 0 Å². The molecule has 8 heteroatoms. The highest BCUT2D eigenvalue weighted by molar-refractivity contribution is 6.04. The van der Waals surface area contributed by atoms with Crippen LogP contribution in [0.25, 0.3) is 0 Å². The second-order valence-corrected chi connectivity index (χ2v) is 5.10. The van der Waals surface area contributed by atoms with E-state index < -0.39 is 29.2 Å². The molecule has 2 rings (SSSR count). The van der Waals surface area contributed by atoms with Gasteiger partial charge in [-0.3, -0.25) is 9.59 Å². The van der Waals surface area contributed by atoms with E-state index in [1.54, 1.807) is 19.1 Å². The molecule has 1 heterocycles. The fourth-order valence-corrected chi connectivity index (χ4v) is 1.99. The Kier molecular flexibility index (Phi) is 6.00. The zero-order valence-corrected chi connectivity index (χ0v) is 13.6. The summed E-state index contributed by atoms with van der Waals surface area (Å²) in [6.45, 7) is 1.74. The van der Waals surface area contributed by atoms with Gasteiger partial charge in [0.1, 0.15) is 6.26 Å². The lowest BCUT2D eigenvalue weighted by Gasteiger charge is -2.15. The molecule has 0 fully saturated rings. The van der Waals surface area contributed by atoms with Gasteiger partial charge in [-0.05, 0) is 31.2 Å². The van der Waals surface area contributed by atoms with Gasteiger partial charge in [-0.15, -0.1) is 0 Å². The molecule has 0 saturated carbocycles. The third-order valence-electron chi connectivity index (χ3n) is 3.18. The highest BCUT2D eigenvalue weighted by Gasteiger charge is 2.34. The molecule has 0 saturated heterocycles. The van der Waals surface area contributed by atoms with Crippen molar-refractivity contribution < 1.29 is 27.2 Å². The van der Waals surface area contributed by atoms with Gasteiger partial charge < -0.3 is 15.1 Å². The van der Waals surface area contributed by atoms with Gasteiger partial charge in [0.05, 0.1) is 23.1 Å². The smallest absolute Gasteiger partial charge is 0.418 e. The largest absolute Gasteiger partial charge is 0.472 e. The Morgan fingerprint density at radius 3 is 2.50 bits per heavy atom. The first-order valence-corrected chi connectivity index (χ1v) is 7.46. The van der Waals surface area contributed by atoms with Crippen LogP contribution in [-0.4, -0.2) is 11.8 Å². The standard InChI is InChI=1S/C18H15F3N2O3/c1-2-3-4-5-16(24)23-15-7-6-13(10-14(15)18(19,20)21)22-17(25)12-8-9-26-11-12/h2-11H,1H3,(H,22,25)(H,23,24)/b3-2+,5-4+. The minimum atomic E-state index is -4.72.